The van der Waals surface area contributed by atoms with E-state index in [1.807, 2.05) is 24.3 Å². The largest absolute Gasteiger partial charge is 0.242 e. The van der Waals surface area contributed by atoms with Gasteiger partial charge in [0.05, 0.1) is 5.02 Å². The van der Waals surface area contributed by atoms with Gasteiger partial charge in [-0.1, -0.05) is 51.3 Å². The molecule has 0 radical (unpaired) electrons. The third kappa shape index (κ3) is 3.96. The maximum atomic E-state index is 12.2. The zero-order valence-electron chi connectivity index (χ0n) is 10.1. The Morgan fingerprint density at radius 1 is 1.05 bits per heavy atom. The Morgan fingerprint density at radius 3 is 2.30 bits per heavy atom. The molecule has 1 N–H and O–H groups in total. The van der Waals surface area contributed by atoms with Crippen molar-refractivity contribution in [1.82, 2.24) is 4.72 Å². The number of hydrogen-bond donors (Lipinski definition) is 1. The first-order valence-corrected chi connectivity index (χ1v) is 8.61. The number of benzene rings is 2. The number of sulfonamides is 1. The summed E-state index contributed by atoms with van der Waals surface area (Å²) in [5.74, 6) is 0. The Kier molecular flexibility index (Phi) is 5.09. The molecule has 0 aliphatic rings. The smallest absolute Gasteiger partial charge is 0.207 e. The van der Waals surface area contributed by atoms with Crippen LogP contribution >= 0.6 is 39.1 Å². The lowest BCUT2D eigenvalue weighted by molar-refractivity contribution is 0.581. The Morgan fingerprint density at radius 2 is 1.70 bits per heavy atom. The maximum absolute atomic E-state index is 12.2. The van der Waals surface area contributed by atoms with Crippen molar-refractivity contribution in [3.63, 3.8) is 0 Å². The van der Waals surface area contributed by atoms with Crippen molar-refractivity contribution in [1.29, 1.82) is 0 Å². The second-order valence-electron chi connectivity index (χ2n) is 4.03. The summed E-state index contributed by atoms with van der Waals surface area (Å²) in [5, 5.41) is 0.489. The summed E-state index contributed by atoms with van der Waals surface area (Å²) in [4.78, 5) is 0.0145. The predicted molar refractivity (Wildman–Crippen MR) is 84.6 cm³/mol. The van der Waals surface area contributed by atoms with Crippen LogP contribution in [0.15, 0.2) is 51.8 Å². The van der Waals surface area contributed by atoms with Gasteiger partial charge in [-0.15, -0.1) is 0 Å². The minimum atomic E-state index is -3.67. The average Bonchev–Trinajstić information content (AvgIpc) is 2.37. The van der Waals surface area contributed by atoms with Crippen molar-refractivity contribution >= 4 is 49.2 Å². The van der Waals surface area contributed by atoms with Crippen LogP contribution in [0.1, 0.15) is 5.56 Å². The van der Waals surface area contributed by atoms with Gasteiger partial charge in [-0.05, 0) is 35.9 Å². The lowest BCUT2D eigenvalue weighted by Crippen LogP contribution is -2.23. The standard InChI is InChI=1S/C13H10BrCl2NO2S/c14-10-3-1-9(2-4-10)8-17-20(18,19)13-6-5-11(15)7-12(13)16/h1-7,17H,8H2. The van der Waals surface area contributed by atoms with E-state index in [1.54, 1.807) is 0 Å². The Hall–Kier alpha value is -0.590. The summed E-state index contributed by atoms with van der Waals surface area (Å²) in [5.41, 5.74) is 0.849. The van der Waals surface area contributed by atoms with Crippen LogP contribution in [0.3, 0.4) is 0 Å². The highest BCUT2D eigenvalue weighted by atomic mass is 79.9. The molecule has 7 heteroatoms. The summed E-state index contributed by atoms with van der Waals surface area (Å²) in [6.45, 7) is 0.189. The molecule has 0 bridgehead atoms. The molecule has 20 heavy (non-hydrogen) atoms. The highest BCUT2D eigenvalue weighted by molar-refractivity contribution is 9.10. The number of rotatable bonds is 4. The van der Waals surface area contributed by atoms with Gasteiger partial charge in [0, 0.05) is 16.0 Å². The monoisotopic (exact) mass is 393 g/mol. The van der Waals surface area contributed by atoms with Gasteiger partial charge >= 0.3 is 0 Å². The summed E-state index contributed by atoms with van der Waals surface area (Å²) >= 11 is 15.0. The van der Waals surface area contributed by atoms with Gasteiger partial charge in [-0.3, -0.25) is 0 Å². The van der Waals surface area contributed by atoms with E-state index in [-0.39, 0.29) is 16.5 Å². The summed E-state index contributed by atoms with van der Waals surface area (Å²) in [7, 11) is -3.67. The Labute approximate surface area is 136 Å². The zero-order valence-corrected chi connectivity index (χ0v) is 14.0. The first-order valence-electron chi connectivity index (χ1n) is 5.58. The fourth-order valence-corrected chi connectivity index (χ4v) is 3.60. The molecule has 0 unspecified atom stereocenters. The third-order valence-electron chi connectivity index (χ3n) is 2.56. The van der Waals surface area contributed by atoms with Gasteiger partial charge in [-0.25, -0.2) is 13.1 Å². The van der Waals surface area contributed by atoms with E-state index < -0.39 is 10.0 Å². The predicted octanol–water partition coefficient (Wildman–Crippen LogP) is 4.23. The molecule has 2 aromatic carbocycles. The molecule has 0 aliphatic carbocycles. The van der Waals surface area contributed by atoms with Crippen molar-refractivity contribution in [2.24, 2.45) is 0 Å². The van der Waals surface area contributed by atoms with Crippen LogP contribution in [0, 0.1) is 0 Å². The van der Waals surface area contributed by atoms with E-state index in [0.717, 1.165) is 10.0 Å². The van der Waals surface area contributed by atoms with E-state index in [0.29, 0.717) is 5.02 Å². The molecule has 106 valence electrons. The topological polar surface area (TPSA) is 46.2 Å². The molecule has 0 aliphatic heterocycles. The molecule has 0 saturated heterocycles. The molecule has 0 fully saturated rings. The van der Waals surface area contributed by atoms with E-state index in [1.165, 1.54) is 18.2 Å². The van der Waals surface area contributed by atoms with Crippen molar-refractivity contribution in [2.45, 2.75) is 11.4 Å². The van der Waals surface area contributed by atoms with Crippen LogP contribution < -0.4 is 4.72 Å². The molecular weight excluding hydrogens is 385 g/mol. The average molecular weight is 395 g/mol. The van der Waals surface area contributed by atoms with E-state index >= 15 is 0 Å². The lowest BCUT2D eigenvalue weighted by atomic mass is 10.2. The van der Waals surface area contributed by atoms with Crippen molar-refractivity contribution in [3.05, 3.63) is 62.5 Å². The van der Waals surface area contributed by atoms with Gasteiger partial charge in [0.25, 0.3) is 0 Å². The van der Waals surface area contributed by atoms with Crippen molar-refractivity contribution in [3.8, 4) is 0 Å². The highest BCUT2D eigenvalue weighted by Crippen LogP contribution is 2.25. The summed E-state index contributed by atoms with van der Waals surface area (Å²) < 4.78 is 27.7. The quantitative estimate of drug-likeness (QED) is 0.843. The van der Waals surface area contributed by atoms with Gasteiger partial charge in [0.2, 0.25) is 10.0 Å². The molecule has 0 atom stereocenters. The van der Waals surface area contributed by atoms with Crippen LogP contribution in [0.25, 0.3) is 0 Å². The second-order valence-corrected chi connectivity index (χ2v) is 7.52. The first-order chi connectivity index (χ1) is 9.38. The maximum Gasteiger partial charge on any atom is 0.242 e. The molecule has 0 amide bonds. The molecule has 0 spiro atoms. The molecule has 0 aromatic heterocycles. The van der Waals surface area contributed by atoms with Crippen molar-refractivity contribution in [2.75, 3.05) is 0 Å². The second kappa shape index (κ2) is 6.45. The number of nitrogens with one attached hydrogen (secondary N) is 1. The third-order valence-corrected chi connectivity index (χ3v) is 5.21. The van der Waals surface area contributed by atoms with Gasteiger partial charge in [0.15, 0.2) is 0 Å². The van der Waals surface area contributed by atoms with E-state index in [9.17, 15) is 8.42 Å². The fourth-order valence-electron chi connectivity index (χ4n) is 1.55. The van der Waals surface area contributed by atoms with Gasteiger partial charge in [0.1, 0.15) is 4.90 Å². The SMILES string of the molecule is O=S(=O)(NCc1ccc(Br)cc1)c1ccc(Cl)cc1Cl. The van der Waals surface area contributed by atoms with E-state index in [2.05, 4.69) is 20.7 Å². The van der Waals surface area contributed by atoms with Crippen LogP contribution in [0.2, 0.25) is 10.0 Å². The van der Waals surface area contributed by atoms with Gasteiger partial charge in [-0.2, -0.15) is 0 Å². The number of halogens is 3. The molecular formula is C13H10BrCl2NO2S. The Balaban J connectivity index is 2.17. The molecule has 2 aromatic rings. The fraction of sp³-hybridized carbons (Fsp3) is 0.0769. The molecule has 3 nitrogen and oxygen atoms in total. The number of hydrogen-bond acceptors (Lipinski definition) is 2. The summed E-state index contributed by atoms with van der Waals surface area (Å²) in [6, 6.07) is 11.6. The Bertz CT molecular complexity index is 718. The molecule has 2 rings (SSSR count). The van der Waals surface area contributed by atoms with Crippen LogP contribution in [-0.4, -0.2) is 8.42 Å². The highest BCUT2D eigenvalue weighted by Gasteiger charge is 2.17. The zero-order chi connectivity index (χ0) is 14.8. The molecule has 0 saturated carbocycles. The normalized spacial score (nSPS) is 11.6. The minimum Gasteiger partial charge on any atom is -0.207 e. The van der Waals surface area contributed by atoms with E-state index in [4.69, 9.17) is 23.2 Å². The minimum absolute atomic E-state index is 0.0145. The molecule has 0 heterocycles. The van der Waals surface area contributed by atoms with Gasteiger partial charge < -0.3 is 0 Å². The van der Waals surface area contributed by atoms with Crippen molar-refractivity contribution < 1.29 is 8.42 Å². The van der Waals surface area contributed by atoms with Crippen LogP contribution in [0.4, 0.5) is 0 Å². The summed E-state index contributed by atoms with van der Waals surface area (Å²) in [6.07, 6.45) is 0. The lowest BCUT2D eigenvalue weighted by Gasteiger charge is -2.08. The first kappa shape index (κ1) is 15.8. The van der Waals surface area contributed by atoms with Crippen LogP contribution in [-0.2, 0) is 16.6 Å². The van der Waals surface area contributed by atoms with Crippen LogP contribution in [0.5, 0.6) is 0 Å².